The van der Waals surface area contributed by atoms with Crippen molar-refractivity contribution < 1.29 is 9.90 Å². The molecule has 0 aliphatic carbocycles. The molecule has 0 aliphatic heterocycles. The molecule has 0 radical (unpaired) electrons. The Hall–Kier alpha value is -0.570. The van der Waals surface area contributed by atoms with Gasteiger partial charge in [-0.05, 0) is 18.3 Å². The second kappa shape index (κ2) is 6.83. The van der Waals surface area contributed by atoms with Crippen LogP contribution in [0.15, 0.2) is 0 Å². The van der Waals surface area contributed by atoms with Gasteiger partial charge in [-0.2, -0.15) is 0 Å². The number of nitrogens with zero attached hydrogens (tertiary/aromatic N) is 1. The molecule has 0 saturated carbocycles. The highest BCUT2D eigenvalue weighted by molar-refractivity contribution is 5.78. The van der Waals surface area contributed by atoms with Crippen molar-refractivity contribution >= 4 is 5.91 Å². The van der Waals surface area contributed by atoms with Crippen LogP contribution in [0.5, 0.6) is 0 Å². The van der Waals surface area contributed by atoms with Gasteiger partial charge in [0, 0.05) is 13.6 Å². The van der Waals surface area contributed by atoms with Crippen molar-refractivity contribution in [1.82, 2.24) is 4.90 Å². The Labute approximate surface area is 93.5 Å². The van der Waals surface area contributed by atoms with Crippen LogP contribution in [0.2, 0.25) is 0 Å². The van der Waals surface area contributed by atoms with Crippen LogP contribution in [-0.2, 0) is 4.79 Å². The Morgan fingerprint density at radius 1 is 1.27 bits per heavy atom. The average molecular weight is 215 g/mol. The Morgan fingerprint density at radius 3 is 2.13 bits per heavy atom. The van der Waals surface area contributed by atoms with Gasteiger partial charge < -0.3 is 10.0 Å². The molecule has 15 heavy (non-hydrogen) atoms. The van der Waals surface area contributed by atoms with Crippen molar-refractivity contribution in [2.24, 2.45) is 17.8 Å². The number of aliphatic hydroxyl groups is 1. The van der Waals surface area contributed by atoms with Crippen LogP contribution in [0.4, 0.5) is 0 Å². The minimum Gasteiger partial charge on any atom is -0.396 e. The summed E-state index contributed by atoms with van der Waals surface area (Å²) in [6.45, 7) is 8.95. The molecular weight excluding hydrogens is 190 g/mol. The van der Waals surface area contributed by atoms with Gasteiger partial charge >= 0.3 is 0 Å². The summed E-state index contributed by atoms with van der Waals surface area (Å²) in [5.74, 6) is 0.617. The number of amides is 1. The van der Waals surface area contributed by atoms with E-state index in [9.17, 15) is 4.79 Å². The molecule has 0 heterocycles. The van der Waals surface area contributed by atoms with E-state index in [0.29, 0.717) is 5.92 Å². The maximum Gasteiger partial charge on any atom is 0.228 e. The maximum absolute atomic E-state index is 11.9. The van der Waals surface area contributed by atoms with Gasteiger partial charge in [0.05, 0.1) is 12.5 Å². The molecule has 3 nitrogen and oxygen atoms in total. The molecule has 3 heteroatoms. The highest BCUT2D eigenvalue weighted by Crippen LogP contribution is 2.13. The lowest BCUT2D eigenvalue weighted by molar-refractivity contribution is -0.137. The molecule has 0 rings (SSSR count). The molecule has 0 aromatic heterocycles. The van der Waals surface area contributed by atoms with Crippen LogP contribution in [-0.4, -0.2) is 36.1 Å². The minimum absolute atomic E-state index is 0.0531. The van der Waals surface area contributed by atoms with E-state index in [4.69, 9.17) is 5.11 Å². The highest BCUT2D eigenvalue weighted by Gasteiger charge is 2.24. The predicted molar refractivity (Wildman–Crippen MR) is 62.5 cm³/mol. The molecular formula is C12H25NO2. The first-order valence-corrected chi connectivity index (χ1v) is 5.76. The van der Waals surface area contributed by atoms with Gasteiger partial charge in [-0.3, -0.25) is 4.79 Å². The van der Waals surface area contributed by atoms with Gasteiger partial charge in [-0.15, -0.1) is 0 Å². The Balaban J connectivity index is 4.16. The summed E-state index contributed by atoms with van der Waals surface area (Å²) in [5, 5.41) is 9.15. The molecule has 0 bridgehead atoms. The molecule has 1 N–H and O–H groups in total. The standard InChI is InChI=1S/C12H25NO2/c1-9(2)6-7-13(5)12(15)11(8-14)10(3)4/h9-11,14H,6-8H2,1-5H3. The Morgan fingerprint density at radius 2 is 1.80 bits per heavy atom. The maximum atomic E-state index is 11.9. The van der Waals surface area contributed by atoms with Gasteiger partial charge in [-0.1, -0.05) is 27.7 Å². The molecule has 0 aliphatic rings. The molecule has 90 valence electrons. The summed E-state index contributed by atoms with van der Waals surface area (Å²) in [7, 11) is 1.82. The Kier molecular flexibility index (Phi) is 6.57. The van der Waals surface area contributed by atoms with Crippen molar-refractivity contribution in [2.75, 3.05) is 20.2 Å². The zero-order chi connectivity index (χ0) is 12.0. The van der Waals surface area contributed by atoms with E-state index in [0.717, 1.165) is 13.0 Å². The van der Waals surface area contributed by atoms with Gasteiger partial charge in [0.1, 0.15) is 0 Å². The summed E-state index contributed by atoms with van der Waals surface area (Å²) < 4.78 is 0. The second-order valence-electron chi connectivity index (χ2n) is 4.98. The third kappa shape index (κ3) is 5.17. The number of hydrogen-bond acceptors (Lipinski definition) is 2. The monoisotopic (exact) mass is 215 g/mol. The average Bonchev–Trinajstić information content (AvgIpc) is 2.14. The number of carbonyl (C=O) groups excluding carboxylic acids is 1. The molecule has 0 aromatic rings. The number of hydrogen-bond donors (Lipinski definition) is 1. The first kappa shape index (κ1) is 14.4. The topological polar surface area (TPSA) is 40.5 Å². The van der Waals surface area contributed by atoms with Gasteiger partial charge in [0.15, 0.2) is 0 Å². The first-order valence-electron chi connectivity index (χ1n) is 5.76. The smallest absolute Gasteiger partial charge is 0.228 e. The Bertz CT molecular complexity index is 190. The van der Waals surface area contributed by atoms with E-state index in [-0.39, 0.29) is 24.3 Å². The van der Waals surface area contributed by atoms with Crippen LogP contribution in [0.1, 0.15) is 34.1 Å². The molecule has 1 amide bonds. The minimum atomic E-state index is -0.248. The molecule has 0 aromatic carbocycles. The summed E-state index contributed by atoms with van der Waals surface area (Å²) in [4.78, 5) is 13.6. The fourth-order valence-corrected chi connectivity index (χ4v) is 1.42. The third-order valence-corrected chi connectivity index (χ3v) is 2.74. The fourth-order valence-electron chi connectivity index (χ4n) is 1.42. The van der Waals surface area contributed by atoms with Gasteiger partial charge in [-0.25, -0.2) is 0 Å². The number of aliphatic hydroxyl groups excluding tert-OH is 1. The summed E-state index contributed by atoms with van der Waals surface area (Å²) >= 11 is 0. The van der Waals surface area contributed by atoms with Crippen molar-refractivity contribution in [3.8, 4) is 0 Å². The van der Waals surface area contributed by atoms with E-state index >= 15 is 0 Å². The summed E-state index contributed by atoms with van der Waals surface area (Å²) in [6.07, 6.45) is 1.01. The predicted octanol–water partition coefficient (Wildman–Crippen LogP) is 1.76. The zero-order valence-corrected chi connectivity index (χ0v) is 10.7. The lowest BCUT2D eigenvalue weighted by Gasteiger charge is -2.25. The third-order valence-electron chi connectivity index (χ3n) is 2.74. The fraction of sp³-hybridized carbons (Fsp3) is 0.917. The van der Waals surface area contributed by atoms with E-state index in [1.54, 1.807) is 4.90 Å². The zero-order valence-electron chi connectivity index (χ0n) is 10.7. The van der Waals surface area contributed by atoms with Crippen LogP contribution in [0, 0.1) is 17.8 Å². The largest absolute Gasteiger partial charge is 0.396 e. The van der Waals surface area contributed by atoms with Crippen LogP contribution >= 0.6 is 0 Å². The summed E-state index contributed by atoms with van der Waals surface area (Å²) in [5.41, 5.74) is 0. The van der Waals surface area contributed by atoms with Crippen molar-refractivity contribution in [3.63, 3.8) is 0 Å². The number of rotatable bonds is 6. The van der Waals surface area contributed by atoms with E-state index in [2.05, 4.69) is 13.8 Å². The van der Waals surface area contributed by atoms with Crippen LogP contribution in [0.25, 0.3) is 0 Å². The van der Waals surface area contributed by atoms with E-state index in [1.165, 1.54) is 0 Å². The van der Waals surface area contributed by atoms with Gasteiger partial charge in [0.25, 0.3) is 0 Å². The molecule has 0 fully saturated rings. The SMILES string of the molecule is CC(C)CCN(C)C(=O)C(CO)C(C)C. The lowest BCUT2D eigenvalue weighted by atomic mass is 9.95. The van der Waals surface area contributed by atoms with Gasteiger partial charge in [0.2, 0.25) is 5.91 Å². The summed E-state index contributed by atoms with van der Waals surface area (Å²) in [6, 6.07) is 0. The number of carbonyl (C=O) groups is 1. The first-order chi connectivity index (χ1) is 6.90. The van der Waals surface area contributed by atoms with Crippen molar-refractivity contribution in [1.29, 1.82) is 0 Å². The van der Waals surface area contributed by atoms with Crippen LogP contribution in [0.3, 0.4) is 0 Å². The molecule has 0 saturated heterocycles. The molecule has 1 atom stereocenters. The highest BCUT2D eigenvalue weighted by atomic mass is 16.3. The normalized spacial score (nSPS) is 13.3. The molecule has 0 spiro atoms. The van der Waals surface area contributed by atoms with Crippen molar-refractivity contribution in [2.45, 2.75) is 34.1 Å². The quantitative estimate of drug-likeness (QED) is 0.733. The van der Waals surface area contributed by atoms with Crippen LogP contribution < -0.4 is 0 Å². The second-order valence-corrected chi connectivity index (χ2v) is 4.98. The molecule has 1 unspecified atom stereocenters. The lowest BCUT2D eigenvalue weighted by Crippen LogP contribution is -2.38. The van der Waals surface area contributed by atoms with E-state index in [1.807, 2.05) is 20.9 Å². The van der Waals surface area contributed by atoms with Crippen molar-refractivity contribution in [3.05, 3.63) is 0 Å². The van der Waals surface area contributed by atoms with E-state index < -0.39 is 0 Å².